The van der Waals surface area contributed by atoms with Crippen molar-refractivity contribution in [2.75, 3.05) is 19.7 Å². The van der Waals surface area contributed by atoms with Gasteiger partial charge < -0.3 is 14.7 Å². The van der Waals surface area contributed by atoms with E-state index in [1.165, 1.54) is 0 Å². The summed E-state index contributed by atoms with van der Waals surface area (Å²) < 4.78 is 5.38. The van der Waals surface area contributed by atoms with Crippen molar-refractivity contribution in [1.29, 1.82) is 0 Å². The maximum Gasteiger partial charge on any atom is 0.305 e. The minimum absolute atomic E-state index is 0.0132. The fraction of sp³-hybridized carbons (Fsp3) is 0.818. The zero-order valence-corrected chi connectivity index (χ0v) is 9.81. The molecule has 1 amide bonds. The first-order valence-electron chi connectivity index (χ1n) is 5.68. The number of likely N-dealkylation sites (N-methyl/N-ethyl adjacent to an activating group) is 1. The molecule has 0 aliphatic carbocycles. The van der Waals surface area contributed by atoms with Crippen molar-refractivity contribution in [2.24, 2.45) is 5.92 Å². The molecule has 2 atom stereocenters. The number of aliphatic carboxylic acids is 1. The number of amides is 1. The highest BCUT2D eigenvalue weighted by Crippen LogP contribution is 2.21. The summed E-state index contributed by atoms with van der Waals surface area (Å²) >= 11 is 0. The Hall–Kier alpha value is -1.10. The second kappa shape index (κ2) is 5.84. The van der Waals surface area contributed by atoms with Crippen LogP contribution in [0, 0.1) is 5.92 Å². The first-order chi connectivity index (χ1) is 7.56. The number of carboxylic acid groups (broad SMARTS) is 1. The molecule has 1 aliphatic rings. The molecule has 2 unspecified atom stereocenters. The molecule has 0 aromatic carbocycles. The van der Waals surface area contributed by atoms with Crippen LogP contribution < -0.4 is 0 Å². The van der Waals surface area contributed by atoms with Gasteiger partial charge in [-0.05, 0) is 19.3 Å². The molecule has 5 nitrogen and oxygen atoms in total. The maximum atomic E-state index is 12.0. The zero-order chi connectivity index (χ0) is 12.1. The summed E-state index contributed by atoms with van der Waals surface area (Å²) in [5.41, 5.74) is 0. The normalized spacial score (nSPS) is 24.4. The average Bonchev–Trinajstić information content (AvgIpc) is 2.64. The lowest BCUT2D eigenvalue weighted by Gasteiger charge is -2.24. The molecule has 1 saturated heterocycles. The minimum Gasteiger partial charge on any atom is -0.481 e. The van der Waals surface area contributed by atoms with Crippen molar-refractivity contribution >= 4 is 11.9 Å². The Kier molecular flexibility index (Phi) is 4.73. The Morgan fingerprint density at radius 1 is 1.50 bits per heavy atom. The van der Waals surface area contributed by atoms with Crippen molar-refractivity contribution in [2.45, 2.75) is 32.8 Å². The number of hydrogen-bond acceptors (Lipinski definition) is 3. The standard InChI is InChI=1S/C11H19NO4/c1-3-12(6-4-9(13)14)11(15)10-8(2)5-7-16-10/h8,10H,3-7H2,1-2H3,(H,13,14). The number of carbonyl (C=O) groups is 2. The molecule has 0 bridgehead atoms. The van der Waals surface area contributed by atoms with E-state index < -0.39 is 5.97 Å². The third-order valence-electron chi connectivity index (χ3n) is 2.92. The van der Waals surface area contributed by atoms with E-state index in [9.17, 15) is 9.59 Å². The maximum absolute atomic E-state index is 12.0. The van der Waals surface area contributed by atoms with Crippen LogP contribution in [0.1, 0.15) is 26.7 Å². The molecule has 0 aromatic rings. The average molecular weight is 229 g/mol. The quantitative estimate of drug-likeness (QED) is 0.755. The van der Waals surface area contributed by atoms with Crippen molar-refractivity contribution in [3.63, 3.8) is 0 Å². The van der Waals surface area contributed by atoms with E-state index in [-0.39, 0.29) is 30.9 Å². The first kappa shape index (κ1) is 13.0. The third kappa shape index (κ3) is 3.20. The molecule has 16 heavy (non-hydrogen) atoms. The van der Waals surface area contributed by atoms with Gasteiger partial charge in [0.1, 0.15) is 6.10 Å². The molecule has 0 aromatic heterocycles. The number of carbonyl (C=O) groups excluding carboxylic acids is 1. The van der Waals surface area contributed by atoms with Crippen LogP contribution in [-0.2, 0) is 14.3 Å². The molecule has 1 heterocycles. The SMILES string of the molecule is CCN(CCC(=O)O)C(=O)C1OCCC1C. The van der Waals surface area contributed by atoms with Crippen molar-refractivity contribution in [3.05, 3.63) is 0 Å². The summed E-state index contributed by atoms with van der Waals surface area (Å²) in [6, 6.07) is 0. The van der Waals surface area contributed by atoms with E-state index in [1.807, 2.05) is 13.8 Å². The minimum atomic E-state index is -0.883. The lowest BCUT2D eigenvalue weighted by atomic mass is 10.0. The highest BCUT2D eigenvalue weighted by Gasteiger charge is 2.33. The molecular weight excluding hydrogens is 210 g/mol. The number of rotatable bonds is 5. The van der Waals surface area contributed by atoms with Gasteiger partial charge >= 0.3 is 5.97 Å². The van der Waals surface area contributed by atoms with Gasteiger partial charge in [0.15, 0.2) is 0 Å². The summed E-state index contributed by atoms with van der Waals surface area (Å²) in [6.45, 7) is 5.24. The largest absolute Gasteiger partial charge is 0.481 e. The van der Waals surface area contributed by atoms with Gasteiger partial charge in [0.25, 0.3) is 5.91 Å². The van der Waals surface area contributed by atoms with E-state index in [0.717, 1.165) is 6.42 Å². The Morgan fingerprint density at radius 2 is 2.19 bits per heavy atom. The first-order valence-corrected chi connectivity index (χ1v) is 5.68. The molecule has 1 aliphatic heterocycles. The van der Waals surface area contributed by atoms with Crippen LogP contribution >= 0.6 is 0 Å². The number of carboxylic acids is 1. The van der Waals surface area contributed by atoms with E-state index in [4.69, 9.17) is 9.84 Å². The molecule has 0 spiro atoms. The smallest absolute Gasteiger partial charge is 0.305 e. The molecule has 1 fully saturated rings. The lowest BCUT2D eigenvalue weighted by Crippen LogP contribution is -2.42. The molecule has 0 radical (unpaired) electrons. The Bertz CT molecular complexity index is 267. The predicted molar refractivity (Wildman–Crippen MR) is 58.0 cm³/mol. The highest BCUT2D eigenvalue weighted by molar-refractivity contribution is 5.82. The van der Waals surface area contributed by atoms with E-state index in [2.05, 4.69) is 0 Å². The van der Waals surface area contributed by atoms with Crippen LogP contribution in [-0.4, -0.2) is 47.7 Å². The molecule has 5 heteroatoms. The van der Waals surface area contributed by atoms with Gasteiger partial charge in [-0.1, -0.05) is 6.92 Å². The Labute approximate surface area is 95.4 Å². The number of nitrogens with zero attached hydrogens (tertiary/aromatic N) is 1. The van der Waals surface area contributed by atoms with Crippen molar-refractivity contribution < 1.29 is 19.4 Å². The van der Waals surface area contributed by atoms with Gasteiger partial charge in [-0.3, -0.25) is 9.59 Å². The topological polar surface area (TPSA) is 66.8 Å². The molecule has 0 saturated carbocycles. The number of ether oxygens (including phenoxy) is 1. The molecule has 92 valence electrons. The van der Waals surface area contributed by atoms with Gasteiger partial charge in [0.05, 0.1) is 6.42 Å². The van der Waals surface area contributed by atoms with E-state index >= 15 is 0 Å². The van der Waals surface area contributed by atoms with Crippen molar-refractivity contribution in [3.8, 4) is 0 Å². The van der Waals surface area contributed by atoms with E-state index in [1.54, 1.807) is 4.90 Å². The number of hydrogen-bond donors (Lipinski definition) is 1. The monoisotopic (exact) mass is 229 g/mol. The Morgan fingerprint density at radius 3 is 2.62 bits per heavy atom. The summed E-state index contributed by atoms with van der Waals surface area (Å²) in [7, 11) is 0. The lowest BCUT2D eigenvalue weighted by molar-refractivity contribution is -0.144. The van der Waals surface area contributed by atoms with Crippen LogP contribution in [0.25, 0.3) is 0 Å². The summed E-state index contributed by atoms with van der Waals surface area (Å²) in [4.78, 5) is 24.0. The second-order valence-electron chi connectivity index (χ2n) is 4.12. The van der Waals surface area contributed by atoms with Crippen LogP contribution in [0.5, 0.6) is 0 Å². The third-order valence-corrected chi connectivity index (χ3v) is 2.92. The van der Waals surface area contributed by atoms with E-state index in [0.29, 0.717) is 13.2 Å². The van der Waals surface area contributed by atoms with Gasteiger partial charge in [0, 0.05) is 19.7 Å². The fourth-order valence-electron chi connectivity index (χ4n) is 1.85. The van der Waals surface area contributed by atoms with Gasteiger partial charge in [-0.2, -0.15) is 0 Å². The predicted octanol–water partition coefficient (Wildman–Crippen LogP) is 0.735. The summed E-state index contributed by atoms with van der Waals surface area (Å²) in [6.07, 6.45) is 0.502. The fourth-order valence-corrected chi connectivity index (χ4v) is 1.85. The van der Waals surface area contributed by atoms with Crippen LogP contribution in [0.2, 0.25) is 0 Å². The van der Waals surface area contributed by atoms with Crippen LogP contribution in [0.4, 0.5) is 0 Å². The highest BCUT2D eigenvalue weighted by atomic mass is 16.5. The Balaban J connectivity index is 2.51. The van der Waals surface area contributed by atoms with Crippen molar-refractivity contribution in [1.82, 2.24) is 4.90 Å². The molecule has 1 N–H and O–H groups in total. The van der Waals surface area contributed by atoms with Crippen LogP contribution in [0.15, 0.2) is 0 Å². The molecular formula is C11H19NO4. The van der Waals surface area contributed by atoms with Crippen LogP contribution in [0.3, 0.4) is 0 Å². The van der Waals surface area contributed by atoms with Gasteiger partial charge in [-0.25, -0.2) is 0 Å². The summed E-state index contributed by atoms with van der Waals surface area (Å²) in [5.74, 6) is -0.730. The summed E-state index contributed by atoms with van der Waals surface area (Å²) in [5, 5.41) is 8.59. The van der Waals surface area contributed by atoms with Gasteiger partial charge in [-0.15, -0.1) is 0 Å². The zero-order valence-electron chi connectivity index (χ0n) is 9.81. The van der Waals surface area contributed by atoms with Gasteiger partial charge in [0.2, 0.25) is 0 Å². The molecule has 1 rings (SSSR count). The second-order valence-corrected chi connectivity index (χ2v) is 4.12.